The minimum atomic E-state index is -0.782. The van der Waals surface area contributed by atoms with Gasteiger partial charge in [-0.3, -0.25) is 4.79 Å². The highest BCUT2D eigenvalue weighted by atomic mass is 16.5. The van der Waals surface area contributed by atoms with Crippen LogP contribution in [0.2, 0.25) is 0 Å². The number of nitrogens with zero attached hydrogens (tertiary/aromatic N) is 1. The van der Waals surface area contributed by atoms with Crippen molar-refractivity contribution in [2.75, 3.05) is 32.6 Å². The fraction of sp³-hybridized carbons (Fsp3) is 0.333. The molecule has 0 atom stereocenters. The molecule has 0 aliphatic carbocycles. The normalized spacial score (nSPS) is 17.0. The first-order chi connectivity index (χ1) is 14.0. The molecule has 2 heterocycles. The average Bonchev–Trinajstić information content (AvgIpc) is 2.74. The zero-order chi connectivity index (χ0) is 20.4. The van der Waals surface area contributed by atoms with E-state index in [0.29, 0.717) is 54.4 Å². The summed E-state index contributed by atoms with van der Waals surface area (Å²) < 4.78 is 16.6. The Balaban J connectivity index is 1.43. The minimum Gasteiger partial charge on any atom is -0.497 e. The van der Waals surface area contributed by atoms with Crippen LogP contribution in [0.3, 0.4) is 0 Å². The molecule has 8 nitrogen and oxygen atoms in total. The Kier molecular flexibility index (Phi) is 4.92. The van der Waals surface area contributed by atoms with Crippen molar-refractivity contribution in [3.8, 4) is 17.2 Å². The van der Waals surface area contributed by atoms with Gasteiger partial charge in [-0.25, -0.2) is 4.79 Å². The van der Waals surface area contributed by atoms with E-state index >= 15 is 0 Å². The standard InChI is InChI=1S/C21H23N3O5/c1-27-14-7-8-18(28-2)16(13-14)22-20(26)24-11-9-21(10-12-24)23-19(25)15-5-3-4-6-17(15)29-21/h3-8,13H,9-12H2,1-2H3,(H,22,26)(H,23,25). The lowest BCUT2D eigenvalue weighted by atomic mass is 9.97. The Bertz CT molecular complexity index is 938. The van der Waals surface area contributed by atoms with Gasteiger partial charge in [0, 0.05) is 32.0 Å². The van der Waals surface area contributed by atoms with Crippen LogP contribution >= 0.6 is 0 Å². The fourth-order valence-corrected chi connectivity index (χ4v) is 3.66. The largest absolute Gasteiger partial charge is 0.497 e. The number of carbonyl (C=O) groups is 2. The fourth-order valence-electron chi connectivity index (χ4n) is 3.66. The summed E-state index contributed by atoms with van der Waals surface area (Å²) in [5, 5.41) is 5.85. The van der Waals surface area contributed by atoms with Gasteiger partial charge < -0.3 is 29.7 Å². The molecule has 2 aliphatic rings. The van der Waals surface area contributed by atoms with Crippen LogP contribution < -0.4 is 24.8 Å². The van der Waals surface area contributed by atoms with E-state index in [0.717, 1.165) is 0 Å². The topological polar surface area (TPSA) is 89.1 Å². The Morgan fingerprint density at radius 3 is 2.62 bits per heavy atom. The number of likely N-dealkylation sites (tertiary alicyclic amines) is 1. The number of ether oxygens (including phenoxy) is 3. The van der Waals surface area contributed by atoms with Crippen LogP contribution in [0.1, 0.15) is 23.2 Å². The highest BCUT2D eigenvalue weighted by molar-refractivity contribution is 5.98. The first-order valence-electron chi connectivity index (χ1n) is 9.42. The number of urea groups is 1. The number of piperidine rings is 1. The Hall–Kier alpha value is -3.42. The van der Waals surface area contributed by atoms with Crippen molar-refractivity contribution in [1.29, 1.82) is 0 Å². The number of para-hydroxylation sites is 1. The molecule has 0 unspecified atom stereocenters. The van der Waals surface area contributed by atoms with Crippen LogP contribution in [0.5, 0.6) is 17.2 Å². The third-order valence-corrected chi connectivity index (χ3v) is 5.28. The van der Waals surface area contributed by atoms with Gasteiger partial charge in [-0.05, 0) is 24.3 Å². The third-order valence-electron chi connectivity index (χ3n) is 5.28. The first kappa shape index (κ1) is 18.9. The molecule has 29 heavy (non-hydrogen) atoms. The van der Waals surface area contributed by atoms with Crippen molar-refractivity contribution in [1.82, 2.24) is 10.2 Å². The van der Waals surface area contributed by atoms with Gasteiger partial charge >= 0.3 is 6.03 Å². The zero-order valence-corrected chi connectivity index (χ0v) is 16.4. The van der Waals surface area contributed by atoms with Gasteiger partial charge in [0.2, 0.25) is 0 Å². The lowest BCUT2D eigenvalue weighted by Crippen LogP contribution is -2.61. The van der Waals surface area contributed by atoms with Gasteiger partial charge in [-0.15, -0.1) is 0 Å². The van der Waals surface area contributed by atoms with E-state index in [1.165, 1.54) is 0 Å². The van der Waals surface area contributed by atoms with Crippen LogP contribution in [0.25, 0.3) is 0 Å². The molecule has 1 spiro atoms. The molecule has 152 valence electrons. The SMILES string of the molecule is COc1ccc(OC)c(NC(=O)N2CCC3(CC2)NC(=O)c2ccccc2O3)c1. The van der Waals surface area contributed by atoms with Crippen LogP contribution in [0.4, 0.5) is 10.5 Å². The maximum Gasteiger partial charge on any atom is 0.321 e. The number of fused-ring (bicyclic) bond motifs is 1. The molecule has 0 radical (unpaired) electrons. The summed E-state index contributed by atoms with van der Waals surface area (Å²) in [6, 6.07) is 12.2. The second-order valence-electron chi connectivity index (χ2n) is 7.03. The molecule has 2 N–H and O–H groups in total. The highest BCUT2D eigenvalue weighted by Crippen LogP contribution is 2.34. The number of anilines is 1. The van der Waals surface area contributed by atoms with E-state index in [4.69, 9.17) is 14.2 Å². The van der Waals surface area contributed by atoms with Crippen molar-refractivity contribution >= 4 is 17.6 Å². The van der Waals surface area contributed by atoms with E-state index in [9.17, 15) is 9.59 Å². The van der Waals surface area contributed by atoms with Crippen molar-refractivity contribution in [2.45, 2.75) is 18.6 Å². The van der Waals surface area contributed by atoms with Crippen LogP contribution in [-0.4, -0.2) is 49.9 Å². The van der Waals surface area contributed by atoms with Crippen molar-refractivity contribution in [2.24, 2.45) is 0 Å². The van der Waals surface area contributed by atoms with Gasteiger partial charge in [0.1, 0.15) is 17.2 Å². The van der Waals surface area contributed by atoms with Gasteiger partial charge in [0.05, 0.1) is 25.5 Å². The molecule has 8 heteroatoms. The maximum atomic E-state index is 12.8. The molecular weight excluding hydrogens is 374 g/mol. The summed E-state index contributed by atoms with van der Waals surface area (Å²) in [6.07, 6.45) is 0.992. The molecule has 2 aromatic rings. The van der Waals surface area contributed by atoms with Gasteiger partial charge in [0.15, 0.2) is 5.72 Å². The number of hydrogen-bond donors (Lipinski definition) is 2. The van der Waals surface area contributed by atoms with E-state index in [2.05, 4.69) is 10.6 Å². The van der Waals surface area contributed by atoms with E-state index in [-0.39, 0.29) is 11.9 Å². The molecule has 2 aliphatic heterocycles. The molecule has 0 bridgehead atoms. The third kappa shape index (κ3) is 3.65. The summed E-state index contributed by atoms with van der Waals surface area (Å²) in [5.74, 6) is 1.60. The first-order valence-corrected chi connectivity index (χ1v) is 9.42. The molecular formula is C21H23N3O5. The Morgan fingerprint density at radius 1 is 1.14 bits per heavy atom. The quantitative estimate of drug-likeness (QED) is 0.831. The number of rotatable bonds is 3. The highest BCUT2D eigenvalue weighted by Gasteiger charge is 2.43. The Labute approximate surface area is 168 Å². The van der Waals surface area contributed by atoms with Crippen molar-refractivity contribution < 1.29 is 23.8 Å². The summed E-state index contributed by atoms with van der Waals surface area (Å²) >= 11 is 0. The van der Waals surface area contributed by atoms with Gasteiger partial charge in [-0.2, -0.15) is 0 Å². The van der Waals surface area contributed by atoms with Crippen LogP contribution in [0, 0.1) is 0 Å². The number of amides is 3. The van der Waals surface area contributed by atoms with Gasteiger partial charge in [0.25, 0.3) is 5.91 Å². The summed E-state index contributed by atoms with van der Waals surface area (Å²) in [5.41, 5.74) is 0.285. The lowest BCUT2D eigenvalue weighted by molar-refractivity contribution is -0.0203. The minimum absolute atomic E-state index is 0.147. The maximum absolute atomic E-state index is 12.8. The predicted octanol–water partition coefficient (Wildman–Crippen LogP) is 2.85. The molecule has 0 saturated carbocycles. The number of nitrogens with one attached hydrogen (secondary N) is 2. The predicted molar refractivity (Wildman–Crippen MR) is 107 cm³/mol. The molecule has 3 amide bonds. The molecule has 4 rings (SSSR count). The second-order valence-corrected chi connectivity index (χ2v) is 7.03. The molecule has 1 saturated heterocycles. The molecule has 2 aromatic carbocycles. The van der Waals surface area contributed by atoms with E-state index < -0.39 is 5.72 Å². The van der Waals surface area contributed by atoms with Crippen molar-refractivity contribution in [3.05, 3.63) is 48.0 Å². The Morgan fingerprint density at radius 2 is 1.90 bits per heavy atom. The molecule has 1 fully saturated rings. The second kappa shape index (κ2) is 7.54. The number of benzene rings is 2. The number of carbonyl (C=O) groups excluding carboxylic acids is 2. The summed E-state index contributed by atoms with van der Waals surface area (Å²) in [7, 11) is 3.11. The number of hydrogen-bond acceptors (Lipinski definition) is 5. The lowest BCUT2D eigenvalue weighted by Gasteiger charge is -2.44. The summed E-state index contributed by atoms with van der Waals surface area (Å²) in [4.78, 5) is 26.9. The number of methoxy groups -OCH3 is 2. The molecule has 0 aromatic heterocycles. The van der Waals surface area contributed by atoms with Crippen LogP contribution in [0.15, 0.2) is 42.5 Å². The summed E-state index contributed by atoms with van der Waals surface area (Å²) in [6.45, 7) is 0.890. The van der Waals surface area contributed by atoms with Gasteiger partial charge in [-0.1, -0.05) is 12.1 Å². The van der Waals surface area contributed by atoms with Crippen LogP contribution in [-0.2, 0) is 0 Å². The monoisotopic (exact) mass is 397 g/mol. The zero-order valence-electron chi connectivity index (χ0n) is 16.4. The average molecular weight is 397 g/mol. The smallest absolute Gasteiger partial charge is 0.321 e. The van der Waals surface area contributed by atoms with Crippen molar-refractivity contribution in [3.63, 3.8) is 0 Å². The van der Waals surface area contributed by atoms with E-state index in [1.54, 1.807) is 55.5 Å². The van der Waals surface area contributed by atoms with E-state index in [1.807, 2.05) is 6.07 Å².